The van der Waals surface area contributed by atoms with Gasteiger partial charge in [0, 0.05) is 12.2 Å². The van der Waals surface area contributed by atoms with Gasteiger partial charge in [-0.05, 0) is 47.1 Å². The molecule has 2 atom stereocenters. The summed E-state index contributed by atoms with van der Waals surface area (Å²) in [5.74, 6) is -0.239. The molecule has 1 aromatic rings. The number of aromatic nitrogens is 2. The average molecular weight is 267 g/mol. The van der Waals surface area contributed by atoms with E-state index in [-0.39, 0.29) is 18.1 Å². The van der Waals surface area contributed by atoms with Crippen LogP contribution in [0, 0.1) is 6.92 Å². The maximum Gasteiger partial charge on any atom is 0.325 e. The molecule has 0 aliphatic heterocycles. The van der Waals surface area contributed by atoms with E-state index in [1.807, 2.05) is 44.6 Å². The molecule has 0 spiro atoms. The highest BCUT2D eigenvalue weighted by atomic mass is 16.5. The van der Waals surface area contributed by atoms with E-state index >= 15 is 0 Å². The molecule has 0 amide bonds. The Morgan fingerprint density at radius 1 is 1.53 bits per heavy atom. The zero-order chi connectivity index (χ0) is 14.6. The van der Waals surface area contributed by atoms with Gasteiger partial charge in [-0.3, -0.25) is 14.8 Å². The predicted molar refractivity (Wildman–Crippen MR) is 75.0 cm³/mol. The number of ether oxygens (including phenoxy) is 1. The maximum absolute atomic E-state index is 12.0. The fourth-order valence-corrected chi connectivity index (χ4v) is 2.43. The lowest BCUT2D eigenvalue weighted by molar-refractivity contribution is -0.149. The van der Waals surface area contributed by atoms with Gasteiger partial charge >= 0.3 is 5.97 Å². The number of carbonyl (C=O) groups is 1. The van der Waals surface area contributed by atoms with E-state index in [1.54, 1.807) is 0 Å². The van der Waals surface area contributed by atoms with Crippen molar-refractivity contribution in [3.05, 3.63) is 18.0 Å². The number of esters is 1. The lowest BCUT2D eigenvalue weighted by atomic mass is 9.92. The summed E-state index contributed by atoms with van der Waals surface area (Å²) in [6, 6.07) is 2.28. The highest BCUT2D eigenvalue weighted by molar-refractivity contribution is 5.80. The van der Waals surface area contributed by atoms with Crippen LogP contribution in [-0.4, -0.2) is 34.4 Å². The minimum Gasteiger partial charge on any atom is -0.468 e. The molecule has 0 fully saturated rings. The number of methoxy groups -OCH3 is 1. The molecule has 0 aliphatic carbocycles. The van der Waals surface area contributed by atoms with Gasteiger partial charge in [-0.15, -0.1) is 0 Å². The zero-order valence-corrected chi connectivity index (χ0v) is 12.7. The molecule has 2 unspecified atom stereocenters. The molecule has 0 radical (unpaired) electrons. The van der Waals surface area contributed by atoms with Crippen molar-refractivity contribution < 1.29 is 9.53 Å². The van der Waals surface area contributed by atoms with Crippen molar-refractivity contribution >= 4 is 5.97 Å². The number of hydrogen-bond acceptors (Lipinski definition) is 4. The number of nitrogens with zero attached hydrogens (tertiary/aromatic N) is 2. The Hall–Kier alpha value is -1.36. The fourth-order valence-electron chi connectivity index (χ4n) is 2.43. The standard InChI is InChI=1S/C14H25N3O2/c1-10(2)15-14(5,13(18)19-6)9-12(4)17-8-7-11(3)16-17/h7-8,10,12,15H,9H2,1-6H3. The van der Waals surface area contributed by atoms with E-state index in [0.717, 1.165) is 5.69 Å². The molecular formula is C14H25N3O2. The highest BCUT2D eigenvalue weighted by Crippen LogP contribution is 2.22. The monoisotopic (exact) mass is 267 g/mol. The normalized spacial score (nSPS) is 16.2. The van der Waals surface area contributed by atoms with Gasteiger partial charge in [0.1, 0.15) is 5.54 Å². The molecule has 1 N–H and O–H groups in total. The van der Waals surface area contributed by atoms with Crippen LogP contribution < -0.4 is 5.32 Å². The van der Waals surface area contributed by atoms with Crippen LogP contribution in [0.25, 0.3) is 0 Å². The third kappa shape index (κ3) is 4.06. The van der Waals surface area contributed by atoms with Crippen molar-refractivity contribution in [1.29, 1.82) is 0 Å². The summed E-state index contributed by atoms with van der Waals surface area (Å²) in [7, 11) is 1.42. The summed E-state index contributed by atoms with van der Waals surface area (Å²) in [4.78, 5) is 12.0. The second-order valence-corrected chi connectivity index (χ2v) is 5.61. The van der Waals surface area contributed by atoms with Crippen molar-refractivity contribution in [2.45, 2.75) is 58.7 Å². The number of nitrogens with one attached hydrogen (secondary N) is 1. The van der Waals surface area contributed by atoms with Gasteiger partial charge in [-0.2, -0.15) is 5.10 Å². The van der Waals surface area contributed by atoms with E-state index in [4.69, 9.17) is 4.74 Å². The summed E-state index contributed by atoms with van der Waals surface area (Å²) in [6.45, 7) is 9.92. The fraction of sp³-hybridized carbons (Fsp3) is 0.714. The van der Waals surface area contributed by atoms with Crippen LogP contribution in [0.4, 0.5) is 0 Å². The molecule has 0 aliphatic rings. The number of hydrogen-bond donors (Lipinski definition) is 1. The summed E-state index contributed by atoms with van der Waals surface area (Å²) >= 11 is 0. The molecule has 5 heteroatoms. The molecule has 1 heterocycles. The van der Waals surface area contributed by atoms with Gasteiger partial charge in [-0.25, -0.2) is 0 Å². The first-order valence-electron chi connectivity index (χ1n) is 6.66. The smallest absolute Gasteiger partial charge is 0.325 e. The van der Waals surface area contributed by atoms with Gasteiger partial charge in [0.05, 0.1) is 18.8 Å². The number of rotatable bonds is 6. The minimum absolute atomic E-state index is 0.115. The number of aryl methyl sites for hydroxylation is 1. The molecule has 19 heavy (non-hydrogen) atoms. The van der Waals surface area contributed by atoms with E-state index in [1.165, 1.54) is 7.11 Å². The molecule has 0 aromatic carbocycles. The second-order valence-electron chi connectivity index (χ2n) is 5.61. The molecule has 5 nitrogen and oxygen atoms in total. The second kappa shape index (κ2) is 6.19. The molecular weight excluding hydrogens is 242 g/mol. The van der Waals surface area contributed by atoms with Crippen LogP contribution in [0.15, 0.2) is 12.3 Å². The summed E-state index contributed by atoms with van der Waals surface area (Å²) < 4.78 is 6.81. The topological polar surface area (TPSA) is 56.2 Å². The SMILES string of the molecule is COC(=O)C(C)(CC(C)n1ccc(C)n1)NC(C)C. The van der Waals surface area contributed by atoms with Crippen molar-refractivity contribution in [1.82, 2.24) is 15.1 Å². The Labute approximate surface area is 115 Å². The van der Waals surface area contributed by atoms with Crippen LogP contribution in [0.1, 0.15) is 45.9 Å². The van der Waals surface area contributed by atoms with Crippen molar-refractivity contribution in [2.75, 3.05) is 7.11 Å². The van der Waals surface area contributed by atoms with E-state index < -0.39 is 5.54 Å². The Balaban J connectivity index is 2.85. The van der Waals surface area contributed by atoms with Gasteiger partial charge in [0.15, 0.2) is 0 Å². The van der Waals surface area contributed by atoms with Gasteiger partial charge in [0.25, 0.3) is 0 Å². The van der Waals surface area contributed by atoms with E-state index in [0.29, 0.717) is 6.42 Å². The van der Waals surface area contributed by atoms with Crippen LogP contribution in [0.3, 0.4) is 0 Å². The summed E-state index contributed by atoms with van der Waals surface area (Å²) in [5.41, 5.74) is 0.269. The van der Waals surface area contributed by atoms with Crippen LogP contribution >= 0.6 is 0 Å². The van der Waals surface area contributed by atoms with Crippen molar-refractivity contribution in [2.24, 2.45) is 0 Å². The number of carbonyl (C=O) groups excluding carboxylic acids is 1. The molecule has 0 saturated heterocycles. The lowest BCUT2D eigenvalue weighted by Gasteiger charge is -2.32. The van der Waals surface area contributed by atoms with Crippen LogP contribution in [-0.2, 0) is 9.53 Å². The Morgan fingerprint density at radius 3 is 2.58 bits per heavy atom. The Bertz CT molecular complexity index is 428. The first-order valence-corrected chi connectivity index (χ1v) is 6.66. The quantitative estimate of drug-likeness (QED) is 0.802. The molecule has 1 rings (SSSR count). The maximum atomic E-state index is 12.0. The average Bonchev–Trinajstić information content (AvgIpc) is 2.73. The minimum atomic E-state index is -0.706. The van der Waals surface area contributed by atoms with Gasteiger partial charge < -0.3 is 4.74 Å². The first-order chi connectivity index (χ1) is 8.78. The van der Waals surface area contributed by atoms with Crippen molar-refractivity contribution in [3.63, 3.8) is 0 Å². The van der Waals surface area contributed by atoms with E-state index in [9.17, 15) is 4.79 Å². The summed E-state index contributed by atoms with van der Waals surface area (Å²) in [6.07, 6.45) is 2.56. The molecule has 0 bridgehead atoms. The summed E-state index contributed by atoms with van der Waals surface area (Å²) in [5, 5.41) is 7.69. The first kappa shape index (κ1) is 15.7. The zero-order valence-electron chi connectivity index (χ0n) is 12.7. The lowest BCUT2D eigenvalue weighted by Crippen LogP contribution is -2.54. The third-order valence-corrected chi connectivity index (χ3v) is 3.14. The van der Waals surface area contributed by atoms with Gasteiger partial charge in [0.2, 0.25) is 0 Å². The molecule has 108 valence electrons. The predicted octanol–water partition coefficient (Wildman–Crippen LogP) is 2.07. The molecule has 0 saturated carbocycles. The highest BCUT2D eigenvalue weighted by Gasteiger charge is 2.36. The van der Waals surface area contributed by atoms with Gasteiger partial charge in [-0.1, -0.05) is 0 Å². The van der Waals surface area contributed by atoms with E-state index in [2.05, 4.69) is 17.3 Å². The van der Waals surface area contributed by atoms with Crippen LogP contribution in [0.5, 0.6) is 0 Å². The largest absolute Gasteiger partial charge is 0.468 e. The Morgan fingerprint density at radius 2 is 2.16 bits per heavy atom. The Kier molecular flexibility index (Phi) is 5.11. The molecule has 1 aromatic heterocycles. The van der Waals surface area contributed by atoms with Crippen molar-refractivity contribution in [3.8, 4) is 0 Å². The third-order valence-electron chi connectivity index (χ3n) is 3.14. The van der Waals surface area contributed by atoms with Crippen LogP contribution in [0.2, 0.25) is 0 Å².